The molecule has 10 heteroatoms. The van der Waals surface area contributed by atoms with Gasteiger partial charge in [0.2, 0.25) is 5.91 Å². The molecule has 1 unspecified atom stereocenters. The quantitative estimate of drug-likeness (QED) is 0.247. The van der Waals surface area contributed by atoms with Crippen molar-refractivity contribution in [3.05, 3.63) is 88.3 Å². The molecule has 0 aliphatic carbocycles. The van der Waals surface area contributed by atoms with E-state index >= 15 is 0 Å². The average Bonchev–Trinajstić information content (AvgIpc) is 3.35. The standard InChI is InChI=1S/C29H34N4O5S/c1-18(26(36)32-22(16-25(34)35)20-10-12-21(13-11-20)29(2,3)4)31-27(37)23-14-15-24(39-23)33-28(38)30-17-19-8-6-5-7-9-19/h5-15,18,22H,16-17H2,1-4H3,(H,31,37)(H,32,36)(H,34,35)(H2,30,33,38)/t18-,22?/m1/s1. The molecule has 0 radical (unpaired) electrons. The summed E-state index contributed by atoms with van der Waals surface area (Å²) in [6, 6.07) is 18.0. The third-order valence-corrected chi connectivity index (χ3v) is 6.98. The van der Waals surface area contributed by atoms with Crippen molar-refractivity contribution in [2.75, 3.05) is 5.32 Å². The number of benzene rings is 2. The Bertz CT molecular complexity index is 1300. The topological polar surface area (TPSA) is 137 Å². The lowest BCUT2D eigenvalue weighted by atomic mass is 9.86. The summed E-state index contributed by atoms with van der Waals surface area (Å²) < 4.78 is 0. The molecule has 4 amide bonds. The largest absolute Gasteiger partial charge is 0.481 e. The minimum atomic E-state index is -1.05. The van der Waals surface area contributed by atoms with Gasteiger partial charge in [-0.05, 0) is 41.2 Å². The molecule has 0 saturated carbocycles. The molecule has 206 valence electrons. The number of anilines is 1. The van der Waals surface area contributed by atoms with Crippen molar-refractivity contribution in [2.24, 2.45) is 0 Å². The number of nitrogens with one attached hydrogen (secondary N) is 4. The summed E-state index contributed by atoms with van der Waals surface area (Å²) in [7, 11) is 0. The number of amides is 4. The van der Waals surface area contributed by atoms with Crippen molar-refractivity contribution >= 4 is 40.2 Å². The van der Waals surface area contributed by atoms with Gasteiger partial charge in [0.15, 0.2) is 0 Å². The van der Waals surface area contributed by atoms with Gasteiger partial charge in [-0.3, -0.25) is 19.7 Å². The number of rotatable bonds is 10. The molecule has 1 aromatic heterocycles. The van der Waals surface area contributed by atoms with Gasteiger partial charge in [-0.15, -0.1) is 11.3 Å². The van der Waals surface area contributed by atoms with Crippen molar-refractivity contribution in [1.29, 1.82) is 0 Å². The summed E-state index contributed by atoms with van der Waals surface area (Å²) >= 11 is 1.07. The lowest BCUT2D eigenvalue weighted by Crippen LogP contribution is -2.46. The third kappa shape index (κ3) is 8.96. The van der Waals surface area contributed by atoms with Crippen LogP contribution in [-0.4, -0.2) is 35.0 Å². The monoisotopic (exact) mass is 550 g/mol. The van der Waals surface area contributed by atoms with Gasteiger partial charge < -0.3 is 21.1 Å². The smallest absolute Gasteiger partial charge is 0.320 e. The lowest BCUT2D eigenvalue weighted by Gasteiger charge is -2.23. The Morgan fingerprint density at radius 1 is 0.897 bits per heavy atom. The van der Waals surface area contributed by atoms with Crippen molar-refractivity contribution < 1.29 is 24.3 Å². The Kier molecular flexibility index (Phi) is 9.84. The van der Waals surface area contributed by atoms with Crippen molar-refractivity contribution in [3.63, 3.8) is 0 Å². The van der Waals surface area contributed by atoms with E-state index in [1.165, 1.54) is 6.92 Å². The van der Waals surface area contributed by atoms with E-state index in [1.807, 2.05) is 54.6 Å². The number of hydrogen-bond donors (Lipinski definition) is 5. The molecule has 2 aromatic carbocycles. The van der Waals surface area contributed by atoms with E-state index in [0.717, 1.165) is 22.5 Å². The maximum atomic E-state index is 12.9. The summed E-state index contributed by atoms with van der Waals surface area (Å²) in [6.07, 6.45) is -0.298. The van der Waals surface area contributed by atoms with Gasteiger partial charge in [0.1, 0.15) is 6.04 Å². The maximum absolute atomic E-state index is 12.9. The van der Waals surface area contributed by atoms with E-state index < -0.39 is 35.9 Å². The molecular weight excluding hydrogens is 516 g/mol. The first-order valence-electron chi connectivity index (χ1n) is 12.5. The van der Waals surface area contributed by atoms with Gasteiger partial charge >= 0.3 is 12.0 Å². The van der Waals surface area contributed by atoms with E-state index in [1.54, 1.807) is 12.1 Å². The van der Waals surface area contributed by atoms with Crippen LogP contribution in [0.1, 0.15) is 66.5 Å². The minimum absolute atomic E-state index is 0.0635. The van der Waals surface area contributed by atoms with Crippen LogP contribution in [-0.2, 0) is 21.5 Å². The normalized spacial score (nSPS) is 12.6. The molecule has 39 heavy (non-hydrogen) atoms. The SMILES string of the molecule is C[C@@H](NC(=O)c1ccc(NC(=O)NCc2ccccc2)s1)C(=O)NC(CC(=O)O)c1ccc(C(C)(C)C)cc1. The first-order chi connectivity index (χ1) is 18.4. The molecule has 2 atom stereocenters. The first-order valence-corrected chi connectivity index (χ1v) is 13.4. The van der Waals surface area contributed by atoms with Crippen LogP contribution in [0.2, 0.25) is 0 Å². The Labute approximate surface area is 232 Å². The Morgan fingerprint density at radius 3 is 2.18 bits per heavy atom. The molecule has 0 aliphatic rings. The van der Waals surface area contributed by atoms with Crippen molar-refractivity contribution in [3.8, 4) is 0 Å². The van der Waals surface area contributed by atoms with Gasteiger partial charge in [0.25, 0.3) is 5.91 Å². The molecule has 3 aromatic rings. The number of carbonyl (C=O) groups excluding carboxylic acids is 3. The van der Waals surface area contributed by atoms with Crippen LogP contribution in [0.4, 0.5) is 9.80 Å². The van der Waals surface area contributed by atoms with E-state index in [2.05, 4.69) is 42.0 Å². The molecule has 9 nitrogen and oxygen atoms in total. The first kappa shape index (κ1) is 29.4. The van der Waals surface area contributed by atoms with Crippen LogP contribution in [0.15, 0.2) is 66.7 Å². The zero-order valence-electron chi connectivity index (χ0n) is 22.4. The van der Waals surface area contributed by atoms with Gasteiger partial charge in [-0.2, -0.15) is 0 Å². The number of aliphatic carboxylic acids is 1. The second kappa shape index (κ2) is 13.1. The molecular formula is C29H34N4O5S. The molecule has 0 bridgehead atoms. The minimum Gasteiger partial charge on any atom is -0.481 e. The predicted octanol–water partition coefficient (Wildman–Crippen LogP) is 4.82. The van der Waals surface area contributed by atoms with Crippen LogP contribution < -0.4 is 21.3 Å². The molecule has 0 fully saturated rings. The van der Waals surface area contributed by atoms with Crippen LogP contribution in [0.25, 0.3) is 0 Å². The average molecular weight is 551 g/mol. The zero-order valence-corrected chi connectivity index (χ0v) is 23.2. The molecule has 0 aliphatic heterocycles. The summed E-state index contributed by atoms with van der Waals surface area (Å²) in [6.45, 7) is 8.13. The summed E-state index contributed by atoms with van der Waals surface area (Å²) in [5, 5.41) is 20.7. The molecule has 1 heterocycles. The molecule has 0 spiro atoms. The zero-order chi connectivity index (χ0) is 28.6. The Balaban J connectivity index is 1.55. The van der Waals surface area contributed by atoms with Gasteiger partial charge in [0.05, 0.1) is 22.3 Å². The van der Waals surface area contributed by atoms with Crippen molar-refractivity contribution in [2.45, 2.75) is 58.2 Å². The second-order valence-electron chi connectivity index (χ2n) is 10.2. The summed E-state index contributed by atoms with van der Waals surface area (Å²) in [5.41, 5.74) is 2.65. The van der Waals surface area contributed by atoms with E-state index in [4.69, 9.17) is 0 Å². The Hall–Kier alpha value is -4.18. The van der Waals surface area contributed by atoms with Crippen LogP contribution in [0.3, 0.4) is 0 Å². The number of urea groups is 1. The highest BCUT2D eigenvalue weighted by atomic mass is 32.1. The highest BCUT2D eigenvalue weighted by Crippen LogP contribution is 2.25. The molecule has 5 N–H and O–H groups in total. The molecule has 0 saturated heterocycles. The number of hydrogen-bond acceptors (Lipinski definition) is 5. The third-order valence-electron chi connectivity index (χ3n) is 5.98. The van der Waals surface area contributed by atoms with Gasteiger partial charge in [0, 0.05) is 6.54 Å². The number of carboxylic acids is 1. The summed E-state index contributed by atoms with van der Waals surface area (Å²) in [5.74, 6) is -2.04. The van der Waals surface area contributed by atoms with Crippen LogP contribution in [0.5, 0.6) is 0 Å². The fourth-order valence-corrected chi connectivity index (χ4v) is 4.54. The van der Waals surface area contributed by atoms with Crippen LogP contribution >= 0.6 is 11.3 Å². The fraction of sp³-hybridized carbons (Fsp3) is 0.310. The number of carbonyl (C=O) groups is 4. The maximum Gasteiger partial charge on any atom is 0.320 e. The van der Waals surface area contributed by atoms with Crippen LogP contribution in [0, 0.1) is 0 Å². The van der Waals surface area contributed by atoms with Crippen molar-refractivity contribution in [1.82, 2.24) is 16.0 Å². The highest BCUT2D eigenvalue weighted by Gasteiger charge is 2.24. The van der Waals surface area contributed by atoms with E-state index in [9.17, 15) is 24.3 Å². The highest BCUT2D eigenvalue weighted by molar-refractivity contribution is 7.18. The van der Waals surface area contributed by atoms with E-state index in [0.29, 0.717) is 22.0 Å². The van der Waals surface area contributed by atoms with Gasteiger partial charge in [-0.25, -0.2) is 4.79 Å². The fourth-order valence-electron chi connectivity index (χ4n) is 3.73. The number of carboxylic acid groups (broad SMARTS) is 1. The predicted molar refractivity (Wildman–Crippen MR) is 152 cm³/mol. The van der Waals surface area contributed by atoms with E-state index in [-0.39, 0.29) is 11.8 Å². The summed E-state index contributed by atoms with van der Waals surface area (Å²) in [4.78, 5) is 49.6. The number of thiophene rings is 1. The molecule has 3 rings (SSSR count). The van der Waals surface area contributed by atoms with Gasteiger partial charge in [-0.1, -0.05) is 75.4 Å². The lowest BCUT2D eigenvalue weighted by molar-refractivity contribution is -0.137. The second-order valence-corrected chi connectivity index (χ2v) is 11.3. The Morgan fingerprint density at radius 2 is 1.56 bits per heavy atom.